The number of carbonyl (C=O) groups excluding carboxylic acids is 4. The Morgan fingerprint density at radius 3 is 2.10 bits per heavy atom. The molecule has 0 atom stereocenters. The summed E-state index contributed by atoms with van der Waals surface area (Å²) in [5, 5.41) is 0. The topological polar surface area (TPSA) is 84.0 Å². The summed E-state index contributed by atoms with van der Waals surface area (Å²) >= 11 is 0. The lowest BCUT2D eigenvalue weighted by Gasteiger charge is -2.23. The van der Waals surface area contributed by atoms with E-state index in [2.05, 4.69) is 0 Å². The highest BCUT2D eigenvalue weighted by molar-refractivity contribution is 6.02. The minimum Gasteiger partial charge on any atom is -0.455 e. The number of amides is 3. The second-order valence-electron chi connectivity index (χ2n) is 6.65. The van der Waals surface area contributed by atoms with Crippen molar-refractivity contribution in [3.8, 4) is 0 Å². The summed E-state index contributed by atoms with van der Waals surface area (Å²) in [4.78, 5) is 50.5. The van der Waals surface area contributed by atoms with E-state index in [1.807, 2.05) is 60.7 Å². The molecule has 2 aromatic rings. The van der Waals surface area contributed by atoms with Crippen molar-refractivity contribution in [1.29, 1.82) is 0 Å². The van der Waals surface area contributed by atoms with E-state index in [9.17, 15) is 19.2 Å². The van der Waals surface area contributed by atoms with Crippen LogP contribution in [-0.4, -0.2) is 41.7 Å². The van der Waals surface area contributed by atoms with Crippen LogP contribution >= 0.6 is 0 Å². The lowest BCUT2D eigenvalue weighted by molar-refractivity contribution is -0.149. The number of imide groups is 1. The molecule has 0 radical (unpaired) electrons. The van der Waals surface area contributed by atoms with E-state index in [1.54, 1.807) is 4.90 Å². The number of anilines is 1. The second-order valence-corrected chi connectivity index (χ2v) is 6.65. The van der Waals surface area contributed by atoms with E-state index in [0.29, 0.717) is 12.2 Å². The second kappa shape index (κ2) is 9.64. The van der Waals surface area contributed by atoms with E-state index in [4.69, 9.17) is 4.74 Å². The van der Waals surface area contributed by atoms with Crippen LogP contribution in [0.25, 0.3) is 0 Å². The van der Waals surface area contributed by atoms with Gasteiger partial charge in [0.25, 0.3) is 5.91 Å². The third-order valence-electron chi connectivity index (χ3n) is 4.60. The minimum absolute atomic E-state index is 0.0168. The molecule has 1 fully saturated rings. The Morgan fingerprint density at radius 1 is 0.897 bits per heavy atom. The van der Waals surface area contributed by atoms with Crippen LogP contribution in [0.1, 0.15) is 24.8 Å². The van der Waals surface area contributed by atoms with E-state index < -0.39 is 12.6 Å². The van der Waals surface area contributed by atoms with Crippen molar-refractivity contribution in [3.63, 3.8) is 0 Å². The number of likely N-dealkylation sites (tertiary alicyclic amines) is 1. The third-order valence-corrected chi connectivity index (χ3v) is 4.60. The molecule has 0 spiro atoms. The fourth-order valence-corrected chi connectivity index (χ4v) is 3.07. The average molecular weight is 394 g/mol. The number of para-hydroxylation sites is 1. The summed E-state index contributed by atoms with van der Waals surface area (Å²) in [5.41, 5.74) is 1.65. The smallest absolute Gasteiger partial charge is 0.308 e. The molecule has 1 aliphatic rings. The van der Waals surface area contributed by atoms with Gasteiger partial charge in [0.05, 0.1) is 13.0 Å². The van der Waals surface area contributed by atoms with Gasteiger partial charge in [-0.15, -0.1) is 0 Å². The van der Waals surface area contributed by atoms with Crippen LogP contribution < -0.4 is 4.90 Å². The maximum atomic E-state index is 12.7. The molecule has 29 heavy (non-hydrogen) atoms. The van der Waals surface area contributed by atoms with Gasteiger partial charge in [-0.3, -0.25) is 24.1 Å². The molecule has 0 saturated carbocycles. The number of carbonyl (C=O) groups is 4. The summed E-state index contributed by atoms with van der Waals surface area (Å²) in [7, 11) is 0. The number of hydrogen-bond donors (Lipinski definition) is 0. The van der Waals surface area contributed by atoms with Crippen LogP contribution in [0.3, 0.4) is 0 Å². The minimum atomic E-state index is -0.626. The van der Waals surface area contributed by atoms with Crippen LogP contribution in [0.4, 0.5) is 5.69 Å². The highest BCUT2D eigenvalue weighted by Crippen LogP contribution is 2.17. The normalized spacial score (nSPS) is 13.4. The third kappa shape index (κ3) is 5.51. The molecular formula is C22H22N2O5. The first-order valence-electron chi connectivity index (χ1n) is 9.43. The Labute approximate surface area is 168 Å². The Kier molecular flexibility index (Phi) is 6.73. The highest BCUT2D eigenvalue weighted by Gasteiger charge is 2.29. The molecule has 1 saturated heterocycles. The summed E-state index contributed by atoms with van der Waals surface area (Å²) in [6, 6.07) is 18.7. The molecule has 7 heteroatoms. The molecule has 1 aliphatic heterocycles. The van der Waals surface area contributed by atoms with E-state index in [1.165, 1.54) is 0 Å². The van der Waals surface area contributed by atoms with Gasteiger partial charge in [0.1, 0.15) is 0 Å². The van der Waals surface area contributed by atoms with Crippen molar-refractivity contribution in [2.45, 2.75) is 25.8 Å². The SMILES string of the molecule is O=C(CCN1C(=O)CCC1=O)OCC(=O)N(Cc1ccccc1)c1ccccc1. The summed E-state index contributed by atoms with van der Waals surface area (Å²) in [6.45, 7) is -0.0857. The summed E-state index contributed by atoms with van der Waals surface area (Å²) in [5.74, 6) is -1.55. The molecule has 3 rings (SSSR count). The fraction of sp³-hybridized carbons (Fsp3) is 0.273. The fourth-order valence-electron chi connectivity index (χ4n) is 3.07. The van der Waals surface area contributed by atoms with Crippen LogP contribution in [-0.2, 0) is 30.5 Å². The van der Waals surface area contributed by atoms with Crippen molar-refractivity contribution in [1.82, 2.24) is 4.90 Å². The molecule has 0 aromatic heterocycles. The zero-order chi connectivity index (χ0) is 20.6. The van der Waals surface area contributed by atoms with Gasteiger partial charge in [-0.1, -0.05) is 48.5 Å². The molecule has 0 aliphatic carbocycles. The summed E-state index contributed by atoms with van der Waals surface area (Å²) in [6.07, 6.45) is 0.227. The van der Waals surface area contributed by atoms with E-state index in [-0.39, 0.29) is 43.5 Å². The first-order chi connectivity index (χ1) is 14.0. The Balaban J connectivity index is 1.57. The largest absolute Gasteiger partial charge is 0.455 e. The maximum Gasteiger partial charge on any atom is 0.308 e. The molecule has 0 unspecified atom stereocenters. The zero-order valence-corrected chi connectivity index (χ0v) is 16.0. The number of rotatable bonds is 8. The van der Waals surface area contributed by atoms with Crippen LogP contribution in [0.5, 0.6) is 0 Å². The quantitative estimate of drug-likeness (QED) is 0.507. The molecule has 2 aromatic carbocycles. The number of benzene rings is 2. The van der Waals surface area contributed by atoms with Crippen molar-refractivity contribution >= 4 is 29.4 Å². The monoisotopic (exact) mass is 394 g/mol. The van der Waals surface area contributed by atoms with Crippen LogP contribution in [0.15, 0.2) is 60.7 Å². The molecule has 150 valence electrons. The highest BCUT2D eigenvalue weighted by atomic mass is 16.5. The van der Waals surface area contributed by atoms with Crippen molar-refractivity contribution in [2.24, 2.45) is 0 Å². The van der Waals surface area contributed by atoms with Crippen LogP contribution in [0.2, 0.25) is 0 Å². The van der Waals surface area contributed by atoms with Crippen LogP contribution in [0, 0.1) is 0 Å². The van der Waals surface area contributed by atoms with Gasteiger partial charge in [0, 0.05) is 25.1 Å². The standard InChI is InChI=1S/C22H22N2O5/c25-19-11-12-20(26)23(19)14-13-22(28)29-16-21(27)24(18-9-5-2-6-10-18)15-17-7-3-1-4-8-17/h1-10H,11-16H2. The number of esters is 1. The molecular weight excluding hydrogens is 372 g/mol. The van der Waals surface area contributed by atoms with Gasteiger partial charge >= 0.3 is 5.97 Å². The molecule has 3 amide bonds. The van der Waals surface area contributed by atoms with Crippen molar-refractivity contribution in [3.05, 3.63) is 66.2 Å². The predicted molar refractivity (Wildman–Crippen MR) is 106 cm³/mol. The maximum absolute atomic E-state index is 12.7. The first kappa shape index (κ1) is 20.3. The molecule has 7 nitrogen and oxygen atoms in total. The number of hydrogen-bond acceptors (Lipinski definition) is 5. The van der Waals surface area contributed by atoms with Gasteiger partial charge in [-0.25, -0.2) is 0 Å². The van der Waals surface area contributed by atoms with E-state index in [0.717, 1.165) is 10.5 Å². The number of nitrogens with zero attached hydrogens (tertiary/aromatic N) is 2. The van der Waals surface area contributed by atoms with Gasteiger partial charge in [-0.05, 0) is 17.7 Å². The van der Waals surface area contributed by atoms with Gasteiger partial charge in [-0.2, -0.15) is 0 Å². The van der Waals surface area contributed by atoms with Gasteiger partial charge in [0.2, 0.25) is 11.8 Å². The van der Waals surface area contributed by atoms with Crippen molar-refractivity contribution in [2.75, 3.05) is 18.1 Å². The summed E-state index contributed by atoms with van der Waals surface area (Å²) < 4.78 is 5.09. The van der Waals surface area contributed by atoms with E-state index >= 15 is 0 Å². The number of ether oxygens (including phenoxy) is 1. The first-order valence-corrected chi connectivity index (χ1v) is 9.43. The Hall–Kier alpha value is -3.48. The average Bonchev–Trinajstić information content (AvgIpc) is 3.07. The van der Waals surface area contributed by atoms with Gasteiger partial charge < -0.3 is 9.64 Å². The Bertz CT molecular complexity index is 867. The van der Waals surface area contributed by atoms with Gasteiger partial charge in [0.15, 0.2) is 6.61 Å². The zero-order valence-electron chi connectivity index (χ0n) is 16.0. The predicted octanol–water partition coefficient (Wildman–Crippen LogP) is 2.30. The lowest BCUT2D eigenvalue weighted by atomic mass is 10.2. The molecule has 0 bridgehead atoms. The molecule has 1 heterocycles. The molecule has 0 N–H and O–H groups in total. The Morgan fingerprint density at radius 2 is 1.48 bits per heavy atom. The van der Waals surface area contributed by atoms with Crippen molar-refractivity contribution < 1.29 is 23.9 Å². The lowest BCUT2D eigenvalue weighted by Crippen LogP contribution is -2.35.